The molecule has 2 heterocycles. The Hall–Kier alpha value is -1.89. The topological polar surface area (TPSA) is 78.3 Å². The predicted octanol–water partition coefficient (Wildman–Crippen LogP) is -0.927. The molecule has 0 saturated heterocycles. The molecule has 7 nitrogen and oxygen atoms in total. The average Bonchev–Trinajstić information content (AvgIpc) is 2.67. The molecule has 0 unspecified atom stereocenters. The molecule has 0 saturated carbocycles. The summed E-state index contributed by atoms with van der Waals surface area (Å²) in [5.74, 6) is 0.793. The first-order valence-corrected chi connectivity index (χ1v) is 5.01. The molecule has 16 heavy (non-hydrogen) atoms. The zero-order chi connectivity index (χ0) is 11.5. The maximum Gasteiger partial charge on any atom is 0.348 e. The van der Waals surface area contributed by atoms with Crippen LogP contribution in [0, 0.1) is 0 Å². The van der Waals surface area contributed by atoms with Gasteiger partial charge in [0.2, 0.25) is 0 Å². The Morgan fingerprint density at radius 3 is 3.19 bits per heavy atom. The molecule has 0 bridgehead atoms. The molecule has 0 fully saturated rings. The minimum absolute atomic E-state index is 0.271. The average molecular weight is 222 g/mol. The third-order valence-corrected chi connectivity index (χ3v) is 2.38. The summed E-state index contributed by atoms with van der Waals surface area (Å²) in [6.45, 7) is 1.71. The Labute approximate surface area is 92.1 Å². The summed E-state index contributed by atoms with van der Waals surface area (Å²) >= 11 is 0. The number of hydrogen-bond donors (Lipinski definition) is 2. The van der Waals surface area contributed by atoms with E-state index in [0.29, 0.717) is 5.65 Å². The van der Waals surface area contributed by atoms with Crippen molar-refractivity contribution < 1.29 is 0 Å². The van der Waals surface area contributed by atoms with E-state index in [-0.39, 0.29) is 5.69 Å². The number of fused-ring (bicyclic) bond motifs is 1. The van der Waals surface area contributed by atoms with Gasteiger partial charge in [-0.15, -0.1) is 0 Å². The Kier molecular flexibility index (Phi) is 2.86. The van der Waals surface area contributed by atoms with Crippen LogP contribution in [0.1, 0.15) is 0 Å². The summed E-state index contributed by atoms with van der Waals surface area (Å²) < 4.78 is 1.37. The third kappa shape index (κ3) is 1.89. The van der Waals surface area contributed by atoms with Crippen LogP contribution in [0.2, 0.25) is 0 Å². The van der Waals surface area contributed by atoms with Crippen LogP contribution in [0.15, 0.2) is 17.2 Å². The van der Waals surface area contributed by atoms with E-state index in [1.165, 1.54) is 10.7 Å². The maximum atomic E-state index is 11.2. The van der Waals surface area contributed by atoms with Crippen molar-refractivity contribution in [1.29, 1.82) is 0 Å². The molecular weight excluding hydrogens is 208 g/mol. The number of anilines is 1. The van der Waals surface area contributed by atoms with Crippen LogP contribution in [-0.4, -0.2) is 46.8 Å². The van der Waals surface area contributed by atoms with Crippen LogP contribution in [-0.2, 0) is 0 Å². The van der Waals surface area contributed by atoms with E-state index < -0.39 is 0 Å². The van der Waals surface area contributed by atoms with Gasteiger partial charge in [0.25, 0.3) is 0 Å². The van der Waals surface area contributed by atoms with Gasteiger partial charge < -0.3 is 10.2 Å². The number of aromatic amines is 1. The summed E-state index contributed by atoms with van der Waals surface area (Å²) in [7, 11) is 3.85. The Bertz CT molecular complexity index is 530. The van der Waals surface area contributed by atoms with Gasteiger partial charge in [-0.1, -0.05) is 0 Å². The van der Waals surface area contributed by atoms with Crippen LogP contribution < -0.4 is 15.9 Å². The van der Waals surface area contributed by atoms with E-state index in [1.54, 1.807) is 6.07 Å². The minimum atomic E-state index is -0.271. The molecule has 2 aromatic rings. The van der Waals surface area contributed by atoms with E-state index in [1.807, 2.05) is 19.0 Å². The quantitative estimate of drug-likeness (QED) is 0.699. The summed E-state index contributed by atoms with van der Waals surface area (Å²) in [6, 6.07) is 1.77. The van der Waals surface area contributed by atoms with Gasteiger partial charge in [0, 0.05) is 26.2 Å². The SMILES string of the molecule is CNCCN(C)c1cc2n[nH]c(=O)n2cn1. The van der Waals surface area contributed by atoms with E-state index in [0.717, 1.165) is 18.9 Å². The second-order valence-corrected chi connectivity index (χ2v) is 3.53. The molecule has 0 atom stereocenters. The van der Waals surface area contributed by atoms with Crippen molar-refractivity contribution in [3.05, 3.63) is 22.9 Å². The third-order valence-electron chi connectivity index (χ3n) is 2.38. The number of nitrogens with one attached hydrogen (secondary N) is 2. The molecule has 86 valence electrons. The number of aromatic nitrogens is 4. The van der Waals surface area contributed by atoms with Gasteiger partial charge in [-0.3, -0.25) is 0 Å². The number of hydrogen-bond acceptors (Lipinski definition) is 5. The van der Waals surface area contributed by atoms with Crippen LogP contribution in [0.4, 0.5) is 5.82 Å². The number of H-pyrrole nitrogens is 1. The van der Waals surface area contributed by atoms with E-state index in [2.05, 4.69) is 20.5 Å². The van der Waals surface area contributed by atoms with Crippen molar-refractivity contribution in [2.24, 2.45) is 0 Å². The summed E-state index contributed by atoms with van der Waals surface area (Å²) in [6.07, 6.45) is 1.48. The highest BCUT2D eigenvalue weighted by Crippen LogP contribution is 2.08. The fourth-order valence-electron chi connectivity index (χ4n) is 1.40. The highest BCUT2D eigenvalue weighted by molar-refractivity contribution is 5.49. The van der Waals surface area contributed by atoms with Crippen LogP contribution in [0.3, 0.4) is 0 Å². The van der Waals surface area contributed by atoms with Gasteiger partial charge in [-0.25, -0.2) is 19.3 Å². The fraction of sp³-hybridized carbons (Fsp3) is 0.444. The van der Waals surface area contributed by atoms with Gasteiger partial charge in [-0.2, -0.15) is 5.10 Å². The van der Waals surface area contributed by atoms with Crippen LogP contribution in [0.25, 0.3) is 5.65 Å². The Balaban J connectivity index is 2.28. The lowest BCUT2D eigenvalue weighted by Crippen LogP contribution is -2.27. The van der Waals surface area contributed by atoms with Crippen molar-refractivity contribution in [1.82, 2.24) is 24.9 Å². The monoisotopic (exact) mass is 222 g/mol. The fourth-order valence-corrected chi connectivity index (χ4v) is 1.40. The highest BCUT2D eigenvalue weighted by Gasteiger charge is 2.05. The molecule has 0 aliphatic heterocycles. The van der Waals surface area contributed by atoms with Gasteiger partial charge in [-0.05, 0) is 7.05 Å². The Morgan fingerprint density at radius 2 is 2.44 bits per heavy atom. The van der Waals surface area contributed by atoms with Gasteiger partial charge in [0.05, 0.1) is 0 Å². The second-order valence-electron chi connectivity index (χ2n) is 3.53. The lowest BCUT2D eigenvalue weighted by Gasteiger charge is -2.17. The zero-order valence-electron chi connectivity index (χ0n) is 9.27. The molecule has 0 aromatic carbocycles. The first-order chi connectivity index (χ1) is 7.72. The lowest BCUT2D eigenvalue weighted by atomic mass is 10.4. The largest absolute Gasteiger partial charge is 0.358 e. The molecule has 2 rings (SSSR count). The molecule has 0 radical (unpaired) electrons. The van der Waals surface area contributed by atoms with Crippen molar-refractivity contribution in [2.45, 2.75) is 0 Å². The first-order valence-electron chi connectivity index (χ1n) is 5.01. The van der Waals surface area contributed by atoms with Crippen LogP contribution >= 0.6 is 0 Å². The molecule has 0 spiro atoms. The first kappa shape index (κ1) is 10.6. The zero-order valence-corrected chi connectivity index (χ0v) is 9.27. The smallest absolute Gasteiger partial charge is 0.348 e. The van der Waals surface area contributed by atoms with Gasteiger partial charge in [0.1, 0.15) is 12.1 Å². The molecule has 0 aliphatic carbocycles. The molecule has 2 N–H and O–H groups in total. The maximum absolute atomic E-state index is 11.2. The van der Waals surface area contributed by atoms with E-state index in [4.69, 9.17) is 0 Å². The summed E-state index contributed by atoms with van der Waals surface area (Å²) in [5, 5.41) is 9.32. The van der Waals surface area contributed by atoms with Crippen molar-refractivity contribution >= 4 is 11.5 Å². The van der Waals surface area contributed by atoms with Crippen LogP contribution in [0.5, 0.6) is 0 Å². The van der Waals surface area contributed by atoms with E-state index >= 15 is 0 Å². The Morgan fingerprint density at radius 1 is 1.62 bits per heavy atom. The standard InChI is InChI=1S/C9H14N6O/c1-10-3-4-14(2)7-5-8-12-13-9(16)15(8)6-11-7/h5-6,10H,3-4H2,1-2H3,(H,13,16). The number of nitrogens with zero attached hydrogens (tertiary/aromatic N) is 4. The minimum Gasteiger partial charge on any atom is -0.358 e. The highest BCUT2D eigenvalue weighted by atomic mass is 16.1. The van der Waals surface area contributed by atoms with Crippen molar-refractivity contribution in [3.8, 4) is 0 Å². The predicted molar refractivity (Wildman–Crippen MR) is 60.8 cm³/mol. The molecule has 0 amide bonds. The summed E-state index contributed by atoms with van der Waals surface area (Å²) in [4.78, 5) is 17.4. The van der Waals surface area contributed by atoms with Gasteiger partial charge >= 0.3 is 5.69 Å². The molecule has 0 aliphatic rings. The molecule has 2 aromatic heterocycles. The summed E-state index contributed by atoms with van der Waals surface area (Å²) in [5.41, 5.74) is 0.304. The van der Waals surface area contributed by atoms with Crippen molar-refractivity contribution in [3.63, 3.8) is 0 Å². The number of likely N-dealkylation sites (N-methyl/N-ethyl adjacent to an activating group) is 2. The van der Waals surface area contributed by atoms with Gasteiger partial charge in [0.15, 0.2) is 5.65 Å². The number of rotatable bonds is 4. The molecular formula is C9H14N6O. The molecule has 7 heteroatoms. The van der Waals surface area contributed by atoms with Crippen molar-refractivity contribution in [2.75, 3.05) is 32.1 Å². The van der Waals surface area contributed by atoms with E-state index in [9.17, 15) is 4.79 Å². The lowest BCUT2D eigenvalue weighted by molar-refractivity contribution is 0.760. The normalized spacial score (nSPS) is 10.9. The second kappa shape index (κ2) is 4.31.